The molecule has 0 spiro atoms. The monoisotopic (exact) mass is 280 g/mol. The second-order valence-electron chi connectivity index (χ2n) is 8.26. The van der Waals surface area contributed by atoms with Gasteiger partial charge in [0.25, 0.3) is 0 Å². The highest BCUT2D eigenvalue weighted by Crippen LogP contribution is 2.62. The van der Waals surface area contributed by atoms with Gasteiger partial charge in [-0.3, -0.25) is 4.79 Å². The number of rotatable bonds is 4. The van der Waals surface area contributed by atoms with E-state index in [-0.39, 0.29) is 35.0 Å². The molecule has 2 N–H and O–H groups in total. The maximum Gasteiger partial charge on any atom is 0.246 e. The lowest BCUT2D eigenvalue weighted by Crippen LogP contribution is -2.60. The van der Waals surface area contributed by atoms with Crippen molar-refractivity contribution in [3.05, 3.63) is 0 Å². The molecule has 114 valence electrons. The highest BCUT2D eigenvalue weighted by Gasteiger charge is 2.59. The van der Waals surface area contributed by atoms with Gasteiger partial charge < -0.3 is 15.4 Å². The Bertz CT molecular complexity index is 412. The molecule has 0 radical (unpaired) electrons. The summed E-state index contributed by atoms with van der Waals surface area (Å²) in [6, 6.07) is 0.289. The molecule has 4 nitrogen and oxygen atoms in total. The van der Waals surface area contributed by atoms with Gasteiger partial charge in [-0.15, -0.1) is 0 Å². The zero-order chi connectivity index (χ0) is 14.6. The van der Waals surface area contributed by atoms with E-state index in [0.717, 1.165) is 19.0 Å². The van der Waals surface area contributed by atoms with Crippen LogP contribution in [0.15, 0.2) is 0 Å². The first-order valence-corrected chi connectivity index (χ1v) is 7.89. The maximum absolute atomic E-state index is 12.2. The van der Waals surface area contributed by atoms with Crippen LogP contribution in [0.2, 0.25) is 0 Å². The van der Waals surface area contributed by atoms with E-state index < -0.39 is 0 Å². The first-order valence-electron chi connectivity index (χ1n) is 7.89. The first kappa shape index (κ1) is 14.3. The Morgan fingerprint density at radius 3 is 2.50 bits per heavy atom. The third kappa shape index (κ3) is 2.17. The van der Waals surface area contributed by atoms with Gasteiger partial charge in [0.05, 0.1) is 5.60 Å². The van der Waals surface area contributed by atoms with Gasteiger partial charge in [-0.2, -0.15) is 0 Å². The van der Waals surface area contributed by atoms with Crippen molar-refractivity contribution in [1.29, 1.82) is 0 Å². The van der Waals surface area contributed by atoms with Gasteiger partial charge in [0, 0.05) is 19.1 Å². The van der Waals surface area contributed by atoms with Gasteiger partial charge in [0.1, 0.15) is 6.61 Å². The van der Waals surface area contributed by atoms with Gasteiger partial charge in [-0.1, -0.05) is 20.8 Å². The number of ether oxygens (including phenoxy) is 1. The van der Waals surface area contributed by atoms with Crippen LogP contribution in [0, 0.1) is 16.7 Å². The summed E-state index contributed by atoms with van der Waals surface area (Å²) < 4.78 is 5.74. The van der Waals surface area contributed by atoms with E-state index in [4.69, 9.17) is 4.74 Å². The molecule has 4 heteroatoms. The lowest BCUT2D eigenvalue weighted by molar-refractivity contribution is -0.138. The average Bonchev–Trinajstić information content (AvgIpc) is 2.81. The minimum Gasteiger partial charge on any atom is -0.363 e. The van der Waals surface area contributed by atoms with Crippen LogP contribution in [0.5, 0.6) is 0 Å². The summed E-state index contributed by atoms with van der Waals surface area (Å²) in [4.78, 5) is 12.2. The van der Waals surface area contributed by atoms with Crippen LogP contribution in [0.25, 0.3) is 0 Å². The molecule has 3 aliphatic rings. The van der Waals surface area contributed by atoms with Gasteiger partial charge in [-0.05, 0) is 42.9 Å². The number of nitrogens with one attached hydrogen (secondary N) is 2. The molecule has 1 heterocycles. The summed E-state index contributed by atoms with van der Waals surface area (Å²) >= 11 is 0. The molecule has 3 unspecified atom stereocenters. The standard InChI is InChI=1S/C16H28N2O2/c1-14(2)11-5-6-15(3,7-11)13(14)18-12(19)8-20-16(4)9-17-10-16/h11,13,17H,5-10H2,1-4H3,(H,18,19). The van der Waals surface area contributed by atoms with E-state index in [1.165, 1.54) is 19.3 Å². The number of fused-ring (bicyclic) bond motifs is 2. The molecule has 0 aromatic rings. The summed E-state index contributed by atoms with van der Waals surface area (Å²) in [7, 11) is 0. The Morgan fingerprint density at radius 2 is 2.00 bits per heavy atom. The summed E-state index contributed by atoms with van der Waals surface area (Å²) in [5.74, 6) is 0.803. The maximum atomic E-state index is 12.2. The van der Waals surface area contributed by atoms with Crippen LogP contribution in [0.1, 0.15) is 47.0 Å². The predicted octanol–water partition coefficient (Wildman–Crippen LogP) is 1.70. The normalized spacial score (nSPS) is 40.4. The van der Waals surface area contributed by atoms with Crippen LogP contribution in [0.4, 0.5) is 0 Å². The zero-order valence-corrected chi connectivity index (χ0v) is 13.2. The molecule has 1 aliphatic heterocycles. The molecular formula is C16H28N2O2. The van der Waals surface area contributed by atoms with Crippen LogP contribution in [-0.2, 0) is 9.53 Å². The van der Waals surface area contributed by atoms with E-state index in [1.807, 2.05) is 0 Å². The summed E-state index contributed by atoms with van der Waals surface area (Å²) in [6.45, 7) is 10.9. The van der Waals surface area contributed by atoms with E-state index in [1.54, 1.807) is 0 Å². The molecule has 0 aromatic heterocycles. The average molecular weight is 280 g/mol. The van der Waals surface area contributed by atoms with Crippen molar-refractivity contribution < 1.29 is 9.53 Å². The lowest BCUT2D eigenvalue weighted by Gasteiger charge is -2.43. The molecule has 1 amide bonds. The zero-order valence-electron chi connectivity index (χ0n) is 13.2. The van der Waals surface area contributed by atoms with Crippen LogP contribution in [-0.4, -0.2) is 37.2 Å². The topological polar surface area (TPSA) is 50.4 Å². The Balaban J connectivity index is 1.58. The molecule has 1 saturated heterocycles. The Labute approximate surface area is 122 Å². The van der Waals surface area contributed by atoms with Crippen molar-refractivity contribution in [2.45, 2.75) is 58.6 Å². The third-order valence-corrected chi connectivity index (χ3v) is 6.12. The van der Waals surface area contributed by atoms with Crippen molar-refractivity contribution in [1.82, 2.24) is 10.6 Å². The Kier molecular flexibility index (Phi) is 3.18. The molecule has 2 bridgehead atoms. The van der Waals surface area contributed by atoms with E-state index in [2.05, 4.69) is 38.3 Å². The second kappa shape index (κ2) is 4.44. The third-order valence-electron chi connectivity index (χ3n) is 6.12. The molecule has 0 aromatic carbocycles. The molecule has 3 fully saturated rings. The highest BCUT2D eigenvalue weighted by molar-refractivity contribution is 5.78. The number of carbonyl (C=O) groups excluding carboxylic acids is 1. The molecule has 2 aliphatic carbocycles. The highest BCUT2D eigenvalue weighted by atomic mass is 16.5. The minimum atomic E-state index is -0.147. The van der Waals surface area contributed by atoms with Crippen molar-refractivity contribution in [2.75, 3.05) is 19.7 Å². The van der Waals surface area contributed by atoms with Gasteiger partial charge >= 0.3 is 0 Å². The van der Waals surface area contributed by atoms with E-state index in [0.29, 0.717) is 0 Å². The van der Waals surface area contributed by atoms with Crippen molar-refractivity contribution in [2.24, 2.45) is 16.7 Å². The smallest absolute Gasteiger partial charge is 0.246 e. The first-order chi connectivity index (χ1) is 9.25. The quantitative estimate of drug-likeness (QED) is 0.824. The minimum absolute atomic E-state index is 0.0463. The SMILES string of the molecule is CC1(OCC(=O)NC2C3(C)CCC(C3)C2(C)C)CNC1. The Morgan fingerprint density at radius 1 is 1.30 bits per heavy atom. The van der Waals surface area contributed by atoms with Crippen LogP contribution < -0.4 is 10.6 Å². The Hall–Kier alpha value is -0.610. The summed E-state index contributed by atoms with van der Waals surface area (Å²) in [5, 5.41) is 6.46. The lowest BCUT2D eigenvalue weighted by atomic mass is 9.68. The number of hydrogen-bond donors (Lipinski definition) is 2. The van der Waals surface area contributed by atoms with Crippen LogP contribution >= 0.6 is 0 Å². The van der Waals surface area contributed by atoms with Crippen molar-refractivity contribution in [3.63, 3.8) is 0 Å². The van der Waals surface area contributed by atoms with Gasteiger partial charge in [-0.25, -0.2) is 0 Å². The van der Waals surface area contributed by atoms with E-state index in [9.17, 15) is 4.79 Å². The van der Waals surface area contributed by atoms with Crippen molar-refractivity contribution in [3.8, 4) is 0 Å². The van der Waals surface area contributed by atoms with Crippen LogP contribution in [0.3, 0.4) is 0 Å². The number of amides is 1. The summed E-state index contributed by atoms with van der Waals surface area (Å²) in [5.41, 5.74) is 0.349. The second-order valence-corrected chi connectivity index (χ2v) is 8.26. The van der Waals surface area contributed by atoms with E-state index >= 15 is 0 Å². The van der Waals surface area contributed by atoms with Gasteiger partial charge in [0.2, 0.25) is 5.91 Å². The van der Waals surface area contributed by atoms with Gasteiger partial charge in [0.15, 0.2) is 0 Å². The molecule has 3 atom stereocenters. The number of carbonyl (C=O) groups is 1. The predicted molar refractivity (Wildman–Crippen MR) is 78.4 cm³/mol. The molecule has 20 heavy (non-hydrogen) atoms. The van der Waals surface area contributed by atoms with Crippen molar-refractivity contribution >= 4 is 5.91 Å². The molecule has 2 saturated carbocycles. The summed E-state index contributed by atoms with van der Waals surface area (Å²) in [6.07, 6.45) is 3.82. The molecular weight excluding hydrogens is 252 g/mol. The molecule has 3 rings (SSSR count). The fourth-order valence-electron chi connectivity index (χ4n) is 4.68. The fourth-order valence-corrected chi connectivity index (χ4v) is 4.68. The number of hydrogen-bond acceptors (Lipinski definition) is 3. The largest absolute Gasteiger partial charge is 0.363 e. The fraction of sp³-hybridized carbons (Fsp3) is 0.938.